The van der Waals surface area contributed by atoms with E-state index in [1.807, 2.05) is 60.7 Å². The molecule has 0 bridgehead atoms. The second kappa shape index (κ2) is 22.3. The third-order valence-electron chi connectivity index (χ3n) is 8.57. The van der Waals surface area contributed by atoms with Crippen molar-refractivity contribution in [3.05, 3.63) is 71.8 Å². The van der Waals surface area contributed by atoms with Crippen LogP contribution in [0.3, 0.4) is 0 Å². The van der Waals surface area contributed by atoms with Crippen LogP contribution in [-0.2, 0) is 37.1 Å². The van der Waals surface area contributed by atoms with Gasteiger partial charge in [-0.1, -0.05) is 145 Å². The van der Waals surface area contributed by atoms with Crippen molar-refractivity contribution in [1.82, 2.24) is 10.2 Å². The van der Waals surface area contributed by atoms with Crippen LogP contribution in [0.15, 0.2) is 60.7 Å². The van der Waals surface area contributed by atoms with Gasteiger partial charge in [0.25, 0.3) is 0 Å². The third-order valence-corrected chi connectivity index (χ3v) is 8.57. The minimum Gasteiger partial charge on any atom is -0.459 e. The minimum atomic E-state index is -0.856. The number of likely N-dealkylation sites (tertiary alicyclic amines) is 1. The Hall–Kier alpha value is -3.19. The number of carbonyl (C=O) groups is 3. The standard InChI is InChI=1S/C38H56N2O5/c1-2-3-4-5-6-7-8-9-10-11-12-13-20-27-36(41)39-34(31-44-29-32-22-16-14-17-23-32)37(42)40-28-21-26-35(40)38(43)45-30-33-24-18-15-19-25-33/h14-19,22-25,34-35H,2-13,20-21,26-31H2,1H3,(H,39,41)/t34-,35-/m0/s1. The Balaban J connectivity index is 1.42. The summed E-state index contributed by atoms with van der Waals surface area (Å²) in [5.41, 5.74) is 1.89. The average molecular weight is 621 g/mol. The number of ether oxygens (including phenoxy) is 2. The van der Waals surface area contributed by atoms with Gasteiger partial charge in [-0.3, -0.25) is 9.59 Å². The zero-order chi connectivity index (χ0) is 32.0. The summed E-state index contributed by atoms with van der Waals surface area (Å²) < 4.78 is 11.5. The number of benzene rings is 2. The molecule has 0 unspecified atom stereocenters. The van der Waals surface area contributed by atoms with Crippen LogP contribution in [0.5, 0.6) is 0 Å². The molecule has 248 valence electrons. The predicted octanol–water partition coefficient (Wildman–Crippen LogP) is 7.90. The number of unbranched alkanes of at least 4 members (excludes halogenated alkanes) is 12. The van der Waals surface area contributed by atoms with E-state index in [0.29, 0.717) is 32.4 Å². The Morgan fingerprint density at radius 2 is 1.29 bits per heavy atom. The third kappa shape index (κ3) is 14.6. The van der Waals surface area contributed by atoms with Gasteiger partial charge in [-0.25, -0.2) is 4.79 Å². The molecule has 3 rings (SSSR count). The molecular formula is C38H56N2O5. The van der Waals surface area contributed by atoms with Crippen molar-refractivity contribution < 1.29 is 23.9 Å². The number of nitrogens with one attached hydrogen (secondary N) is 1. The topological polar surface area (TPSA) is 84.9 Å². The van der Waals surface area contributed by atoms with Crippen molar-refractivity contribution in [2.75, 3.05) is 13.2 Å². The molecule has 0 saturated carbocycles. The fraction of sp³-hybridized carbons (Fsp3) is 0.605. The van der Waals surface area contributed by atoms with Gasteiger partial charge in [-0.15, -0.1) is 0 Å². The number of amides is 2. The molecule has 2 aromatic rings. The molecule has 2 amide bonds. The first-order chi connectivity index (χ1) is 22.1. The minimum absolute atomic E-state index is 0.0420. The van der Waals surface area contributed by atoms with Crippen LogP contribution in [0.2, 0.25) is 0 Å². The van der Waals surface area contributed by atoms with Gasteiger partial charge in [0.1, 0.15) is 18.7 Å². The molecule has 0 aliphatic carbocycles. The summed E-state index contributed by atoms with van der Waals surface area (Å²) in [4.78, 5) is 41.2. The summed E-state index contributed by atoms with van der Waals surface area (Å²) in [5.74, 6) is -0.852. The Bertz CT molecular complexity index is 1090. The molecule has 7 nitrogen and oxygen atoms in total. The monoisotopic (exact) mass is 620 g/mol. The lowest BCUT2D eigenvalue weighted by Crippen LogP contribution is -2.53. The second-order valence-corrected chi connectivity index (χ2v) is 12.4. The highest BCUT2D eigenvalue weighted by atomic mass is 16.5. The van der Waals surface area contributed by atoms with Crippen LogP contribution >= 0.6 is 0 Å². The largest absolute Gasteiger partial charge is 0.459 e. The number of esters is 1. The molecule has 1 aliphatic heterocycles. The maximum Gasteiger partial charge on any atom is 0.329 e. The molecule has 2 atom stereocenters. The molecule has 2 aromatic carbocycles. The second-order valence-electron chi connectivity index (χ2n) is 12.4. The van der Waals surface area contributed by atoms with E-state index in [4.69, 9.17) is 9.47 Å². The van der Waals surface area contributed by atoms with E-state index in [9.17, 15) is 14.4 Å². The van der Waals surface area contributed by atoms with E-state index < -0.39 is 18.1 Å². The first kappa shape index (κ1) is 36.3. The first-order valence-corrected chi connectivity index (χ1v) is 17.5. The molecule has 1 aliphatic rings. The van der Waals surface area contributed by atoms with E-state index in [1.165, 1.54) is 64.2 Å². The van der Waals surface area contributed by atoms with Gasteiger partial charge in [0, 0.05) is 13.0 Å². The van der Waals surface area contributed by atoms with Gasteiger partial charge in [-0.2, -0.15) is 0 Å². The van der Waals surface area contributed by atoms with Gasteiger partial charge in [-0.05, 0) is 30.4 Å². The normalized spacial score (nSPS) is 15.1. The van der Waals surface area contributed by atoms with E-state index in [2.05, 4.69) is 12.2 Å². The van der Waals surface area contributed by atoms with Crippen molar-refractivity contribution in [1.29, 1.82) is 0 Å². The van der Waals surface area contributed by atoms with E-state index in [0.717, 1.165) is 30.4 Å². The fourth-order valence-electron chi connectivity index (χ4n) is 5.91. The average Bonchev–Trinajstić information content (AvgIpc) is 3.56. The maximum atomic E-state index is 13.7. The van der Waals surface area contributed by atoms with Crippen LogP contribution in [0.25, 0.3) is 0 Å². The molecule has 1 fully saturated rings. The molecule has 1 saturated heterocycles. The van der Waals surface area contributed by atoms with Crippen LogP contribution in [0.4, 0.5) is 0 Å². The van der Waals surface area contributed by atoms with Crippen LogP contribution in [0.1, 0.15) is 121 Å². The summed E-state index contributed by atoms with van der Waals surface area (Å²) in [5, 5.41) is 2.93. The lowest BCUT2D eigenvalue weighted by molar-refractivity contribution is -0.155. The van der Waals surface area contributed by atoms with Crippen molar-refractivity contribution in [3.63, 3.8) is 0 Å². The van der Waals surface area contributed by atoms with Crippen molar-refractivity contribution >= 4 is 17.8 Å². The Kier molecular flexibility index (Phi) is 18.0. The molecule has 7 heteroatoms. The Morgan fingerprint density at radius 1 is 0.756 bits per heavy atom. The highest BCUT2D eigenvalue weighted by Crippen LogP contribution is 2.21. The molecule has 0 radical (unpaired) electrons. The SMILES string of the molecule is CCCCCCCCCCCCCCCC(=O)N[C@@H](COCc1ccccc1)C(=O)N1CCC[C@H]1C(=O)OCc1ccccc1. The Morgan fingerprint density at radius 3 is 1.87 bits per heavy atom. The zero-order valence-corrected chi connectivity index (χ0v) is 27.6. The highest BCUT2D eigenvalue weighted by molar-refractivity contribution is 5.91. The van der Waals surface area contributed by atoms with E-state index >= 15 is 0 Å². The van der Waals surface area contributed by atoms with Crippen molar-refractivity contribution in [2.24, 2.45) is 0 Å². The van der Waals surface area contributed by atoms with Gasteiger partial charge in [0.2, 0.25) is 11.8 Å². The highest BCUT2D eigenvalue weighted by Gasteiger charge is 2.38. The van der Waals surface area contributed by atoms with E-state index in [-0.39, 0.29) is 25.0 Å². The fourth-order valence-corrected chi connectivity index (χ4v) is 5.91. The first-order valence-electron chi connectivity index (χ1n) is 17.5. The molecule has 45 heavy (non-hydrogen) atoms. The summed E-state index contributed by atoms with van der Waals surface area (Å²) in [6.07, 6.45) is 17.8. The van der Waals surface area contributed by atoms with E-state index in [1.54, 1.807) is 4.90 Å². The Labute approximate surface area is 271 Å². The summed E-state index contributed by atoms with van der Waals surface area (Å²) in [7, 11) is 0. The molecule has 1 N–H and O–H groups in total. The summed E-state index contributed by atoms with van der Waals surface area (Å²) in [6, 6.07) is 17.7. The molecule has 0 aromatic heterocycles. The predicted molar refractivity (Wildman–Crippen MR) is 179 cm³/mol. The van der Waals surface area contributed by atoms with Crippen LogP contribution in [-0.4, -0.2) is 47.9 Å². The van der Waals surface area contributed by atoms with Gasteiger partial charge < -0.3 is 19.7 Å². The zero-order valence-electron chi connectivity index (χ0n) is 27.6. The van der Waals surface area contributed by atoms with Gasteiger partial charge in [0.15, 0.2) is 0 Å². The number of rotatable bonds is 23. The lowest BCUT2D eigenvalue weighted by Gasteiger charge is -2.28. The van der Waals surface area contributed by atoms with Crippen LogP contribution < -0.4 is 5.32 Å². The number of nitrogens with zero attached hydrogens (tertiary/aromatic N) is 1. The smallest absolute Gasteiger partial charge is 0.329 e. The van der Waals surface area contributed by atoms with Crippen LogP contribution in [0, 0.1) is 0 Å². The summed E-state index contributed by atoms with van der Waals surface area (Å²) >= 11 is 0. The molecular weight excluding hydrogens is 564 g/mol. The van der Waals surface area contributed by atoms with Crippen molar-refractivity contribution in [3.8, 4) is 0 Å². The molecule has 0 spiro atoms. The number of carbonyl (C=O) groups excluding carboxylic acids is 3. The van der Waals surface area contributed by atoms with Crippen molar-refractivity contribution in [2.45, 2.75) is 135 Å². The maximum absolute atomic E-state index is 13.7. The number of hydrogen-bond acceptors (Lipinski definition) is 5. The van der Waals surface area contributed by atoms with Gasteiger partial charge >= 0.3 is 5.97 Å². The number of hydrogen-bond donors (Lipinski definition) is 1. The quantitative estimate of drug-likeness (QED) is 0.101. The molecule has 1 heterocycles. The lowest BCUT2D eigenvalue weighted by atomic mass is 10.0. The van der Waals surface area contributed by atoms with Gasteiger partial charge in [0.05, 0.1) is 13.2 Å². The summed E-state index contributed by atoms with van der Waals surface area (Å²) in [6.45, 7) is 3.25.